The molecule has 0 spiro atoms. The number of carbonyl (C=O) groups is 2. The Labute approximate surface area is 303 Å². The van der Waals surface area contributed by atoms with E-state index in [1.165, 1.54) is 12.1 Å². The number of phenolic OH excluding ortho intramolecular Hbond substituents is 1. The van der Waals surface area contributed by atoms with Crippen LogP contribution in [0.5, 0.6) is 5.75 Å². The topological polar surface area (TPSA) is 144 Å². The molecule has 0 radical (unpaired) electrons. The zero-order valence-corrected chi connectivity index (χ0v) is 29.5. The molecule has 4 aromatic carbocycles. The summed E-state index contributed by atoms with van der Waals surface area (Å²) >= 11 is 0. The second-order valence-electron chi connectivity index (χ2n) is 14.0. The number of piperidine rings is 1. The van der Waals surface area contributed by atoms with Crippen molar-refractivity contribution < 1.29 is 29.0 Å². The molecule has 1 fully saturated rings. The van der Waals surface area contributed by atoms with Crippen LogP contribution in [-0.4, -0.2) is 78.6 Å². The van der Waals surface area contributed by atoms with Crippen LogP contribution in [0.3, 0.4) is 0 Å². The van der Waals surface area contributed by atoms with E-state index in [0.29, 0.717) is 41.7 Å². The van der Waals surface area contributed by atoms with Crippen LogP contribution in [0.1, 0.15) is 35.6 Å². The van der Waals surface area contributed by atoms with Crippen LogP contribution >= 0.6 is 0 Å². The molecule has 0 saturated carbocycles. The molecule has 0 unspecified atom stereocenters. The SMILES string of the molecule is C[N+]1(C)CCC(OC(=O)Nc2cc(CCN(C=O)c3ccc(CNC[C@H](O)c4ccc(O)c5[nH]c(=O)ccc45)cc3)ccc2-c2ccccc2)CC1. The number of anilines is 2. The van der Waals surface area contributed by atoms with Gasteiger partial charge in [-0.15, -0.1) is 0 Å². The fourth-order valence-corrected chi connectivity index (χ4v) is 6.68. The minimum absolute atomic E-state index is 0.0561. The van der Waals surface area contributed by atoms with Crippen LogP contribution in [0, 0.1) is 0 Å². The van der Waals surface area contributed by atoms with E-state index in [9.17, 15) is 24.6 Å². The van der Waals surface area contributed by atoms with Crippen molar-refractivity contribution >= 4 is 34.8 Å². The second kappa shape index (κ2) is 16.2. The Morgan fingerprint density at radius 2 is 1.71 bits per heavy atom. The zero-order valence-electron chi connectivity index (χ0n) is 29.5. The van der Waals surface area contributed by atoms with Crippen molar-refractivity contribution in [3.8, 4) is 16.9 Å². The van der Waals surface area contributed by atoms with E-state index < -0.39 is 12.2 Å². The highest BCUT2D eigenvalue weighted by Crippen LogP contribution is 2.31. The van der Waals surface area contributed by atoms with E-state index in [2.05, 4.69) is 29.7 Å². The highest BCUT2D eigenvalue weighted by molar-refractivity contribution is 5.92. The largest absolute Gasteiger partial charge is 0.506 e. The Morgan fingerprint density at radius 3 is 2.44 bits per heavy atom. The lowest BCUT2D eigenvalue weighted by atomic mass is 10.00. The molecule has 1 saturated heterocycles. The van der Waals surface area contributed by atoms with E-state index in [1.807, 2.05) is 72.8 Å². The molecule has 2 amide bonds. The number of likely N-dealkylation sites (tertiary alicyclic amines) is 1. The number of aromatic nitrogens is 1. The molecule has 2 heterocycles. The van der Waals surface area contributed by atoms with E-state index in [1.54, 1.807) is 17.0 Å². The summed E-state index contributed by atoms with van der Waals surface area (Å²) in [5.41, 5.74) is 5.76. The summed E-state index contributed by atoms with van der Waals surface area (Å²) in [4.78, 5) is 41.2. The number of aromatic hydroxyl groups is 1. The molecule has 0 bridgehead atoms. The van der Waals surface area contributed by atoms with Crippen LogP contribution in [0.15, 0.2) is 102 Å². The first-order valence-corrected chi connectivity index (χ1v) is 17.6. The fourth-order valence-electron chi connectivity index (χ4n) is 6.68. The third-order valence-electron chi connectivity index (χ3n) is 9.76. The quantitative estimate of drug-likeness (QED) is 0.0780. The number of pyridine rings is 1. The Morgan fingerprint density at radius 1 is 0.981 bits per heavy atom. The molecule has 270 valence electrons. The standard InChI is InChI=1S/C41H45N5O6/c1-46(2)22-19-32(20-23-46)52-41(51)43-36-24-28(10-13-33(36)30-6-4-3-5-7-30)18-21-45(27-47)31-11-8-29(9-12-31)25-42-26-38(49)34-14-16-37(48)40-35(34)15-17-39(50)44-40/h3-17,24,27,32,38,42,49H,18-23,25-26H2,1-2H3,(H2-,43,44,48,50,51)/p+1/t38-/m0/s1. The Bertz CT molecular complexity index is 2050. The van der Waals surface area contributed by atoms with Crippen LogP contribution in [0.25, 0.3) is 22.0 Å². The molecule has 11 nitrogen and oxygen atoms in total. The number of nitrogens with zero attached hydrogens (tertiary/aromatic N) is 2. The fraction of sp³-hybridized carbons (Fsp3) is 0.293. The number of rotatable bonds is 13. The third-order valence-corrected chi connectivity index (χ3v) is 9.76. The van der Waals surface area contributed by atoms with Gasteiger partial charge in [-0.25, -0.2) is 4.79 Å². The van der Waals surface area contributed by atoms with Gasteiger partial charge < -0.3 is 34.6 Å². The van der Waals surface area contributed by atoms with Crippen molar-refractivity contribution in [2.75, 3.05) is 50.5 Å². The van der Waals surface area contributed by atoms with Gasteiger partial charge in [0.15, 0.2) is 0 Å². The minimum Gasteiger partial charge on any atom is -0.506 e. The number of aliphatic hydroxyl groups excluding tert-OH is 1. The number of amides is 2. The average Bonchev–Trinajstić information content (AvgIpc) is 3.14. The monoisotopic (exact) mass is 704 g/mol. The highest BCUT2D eigenvalue weighted by Gasteiger charge is 2.28. The van der Waals surface area contributed by atoms with Gasteiger partial charge in [0.2, 0.25) is 12.0 Å². The van der Waals surface area contributed by atoms with Gasteiger partial charge in [0.1, 0.15) is 11.9 Å². The van der Waals surface area contributed by atoms with Crippen molar-refractivity contribution in [3.63, 3.8) is 0 Å². The maximum Gasteiger partial charge on any atom is 0.411 e. The number of ether oxygens (including phenoxy) is 1. The smallest absolute Gasteiger partial charge is 0.411 e. The van der Waals surface area contributed by atoms with Crippen LogP contribution in [-0.2, 0) is 22.5 Å². The number of phenols is 1. The zero-order chi connectivity index (χ0) is 36.7. The molecule has 5 aromatic rings. The number of aliphatic hydroxyl groups is 1. The van der Waals surface area contributed by atoms with Gasteiger partial charge >= 0.3 is 6.09 Å². The summed E-state index contributed by atoms with van der Waals surface area (Å²) in [5.74, 6) is -0.0561. The Kier molecular flexibility index (Phi) is 11.3. The molecule has 1 aromatic heterocycles. The molecule has 11 heteroatoms. The number of fused-ring (bicyclic) bond motifs is 1. The summed E-state index contributed by atoms with van der Waals surface area (Å²) in [6.45, 7) is 3.09. The molecule has 1 atom stereocenters. The van der Waals surface area contributed by atoms with Gasteiger partial charge in [-0.1, -0.05) is 60.7 Å². The molecule has 1 aliphatic heterocycles. The maximum absolute atomic E-state index is 13.1. The molecule has 5 N–H and O–H groups in total. The Balaban J connectivity index is 1.06. The molecule has 52 heavy (non-hydrogen) atoms. The molecule has 1 aliphatic rings. The van der Waals surface area contributed by atoms with Crippen molar-refractivity contribution in [3.05, 3.63) is 124 Å². The van der Waals surface area contributed by atoms with Crippen molar-refractivity contribution in [2.24, 2.45) is 0 Å². The van der Waals surface area contributed by atoms with Gasteiger partial charge in [0.25, 0.3) is 0 Å². The molecular weight excluding hydrogens is 658 g/mol. The number of hydrogen-bond acceptors (Lipinski definition) is 7. The van der Waals surface area contributed by atoms with E-state index in [0.717, 1.165) is 64.8 Å². The predicted molar refractivity (Wildman–Crippen MR) is 203 cm³/mol. The number of benzene rings is 4. The van der Waals surface area contributed by atoms with Gasteiger partial charge in [-0.05, 0) is 59.0 Å². The number of aromatic amines is 1. The van der Waals surface area contributed by atoms with Gasteiger partial charge in [0, 0.05) is 55.2 Å². The number of nitrogens with one attached hydrogen (secondary N) is 3. The minimum atomic E-state index is -0.870. The summed E-state index contributed by atoms with van der Waals surface area (Å²) in [6.07, 6.45) is 1.60. The maximum atomic E-state index is 13.1. The molecule has 6 rings (SSSR count). The number of carbonyl (C=O) groups excluding carboxylic acids is 2. The Hall–Kier alpha value is -5.49. The third kappa shape index (κ3) is 9.05. The first-order valence-electron chi connectivity index (χ1n) is 17.6. The summed E-state index contributed by atoms with van der Waals surface area (Å²) in [5, 5.41) is 27.8. The van der Waals surface area contributed by atoms with Gasteiger partial charge in [0.05, 0.1) is 44.5 Å². The second-order valence-corrected chi connectivity index (χ2v) is 14.0. The number of H-pyrrole nitrogens is 1. The van der Waals surface area contributed by atoms with Gasteiger partial charge in [-0.3, -0.25) is 14.9 Å². The summed E-state index contributed by atoms with van der Waals surface area (Å²) < 4.78 is 6.76. The normalized spacial score (nSPS) is 14.8. The van der Waals surface area contributed by atoms with Crippen LogP contribution < -0.4 is 21.1 Å². The van der Waals surface area contributed by atoms with Crippen molar-refractivity contribution in [1.29, 1.82) is 0 Å². The van der Waals surface area contributed by atoms with E-state index in [-0.39, 0.29) is 24.0 Å². The lowest BCUT2D eigenvalue weighted by Crippen LogP contribution is -2.48. The molecule has 0 aliphatic carbocycles. The summed E-state index contributed by atoms with van der Waals surface area (Å²) in [6, 6.07) is 29.6. The van der Waals surface area contributed by atoms with Crippen molar-refractivity contribution in [1.82, 2.24) is 10.3 Å². The van der Waals surface area contributed by atoms with E-state index >= 15 is 0 Å². The average molecular weight is 705 g/mol. The summed E-state index contributed by atoms with van der Waals surface area (Å²) in [7, 11) is 4.38. The molecular formula is C41H46N5O6+. The lowest BCUT2D eigenvalue weighted by Gasteiger charge is -2.36. The lowest BCUT2D eigenvalue weighted by molar-refractivity contribution is -0.896. The highest BCUT2D eigenvalue weighted by atomic mass is 16.6. The number of hydrogen-bond donors (Lipinski definition) is 5. The predicted octanol–water partition coefficient (Wildman–Crippen LogP) is 5.72. The van der Waals surface area contributed by atoms with Crippen LogP contribution in [0.4, 0.5) is 16.2 Å². The number of quaternary nitrogens is 1. The van der Waals surface area contributed by atoms with Gasteiger partial charge in [-0.2, -0.15) is 0 Å². The first kappa shape index (κ1) is 36.3. The van der Waals surface area contributed by atoms with Crippen LogP contribution in [0.2, 0.25) is 0 Å². The first-order chi connectivity index (χ1) is 25.1. The van der Waals surface area contributed by atoms with E-state index in [4.69, 9.17) is 4.74 Å². The van der Waals surface area contributed by atoms with Crippen molar-refractivity contribution in [2.45, 2.75) is 38.0 Å².